The summed E-state index contributed by atoms with van der Waals surface area (Å²) in [6, 6.07) is 6.61. The van der Waals surface area contributed by atoms with Crippen molar-refractivity contribution < 1.29 is 18.1 Å². The van der Waals surface area contributed by atoms with Gasteiger partial charge in [0, 0.05) is 6.54 Å². The van der Waals surface area contributed by atoms with Crippen LogP contribution in [0.25, 0.3) is 11.2 Å². The van der Waals surface area contributed by atoms with Crippen LogP contribution in [0.15, 0.2) is 35.5 Å². The minimum absolute atomic E-state index is 0.229. The highest BCUT2D eigenvalue weighted by atomic mass is 32.2. The molecule has 0 saturated heterocycles. The summed E-state index contributed by atoms with van der Waals surface area (Å²) in [6.45, 7) is 8.07. The summed E-state index contributed by atoms with van der Waals surface area (Å²) in [5.41, 5.74) is 1.97. The molecule has 1 fully saturated rings. The fourth-order valence-corrected chi connectivity index (χ4v) is 5.63. The van der Waals surface area contributed by atoms with Gasteiger partial charge < -0.3 is 14.6 Å². The number of hydrogen-bond donors (Lipinski definition) is 3. The molecule has 0 radical (unpaired) electrons. The molecular weight excluding hydrogens is 478 g/mol. The van der Waals surface area contributed by atoms with Crippen LogP contribution in [0.4, 0.5) is 11.6 Å². The minimum Gasteiger partial charge on any atom is -0.466 e. The number of aromatic nitrogens is 4. The Balaban J connectivity index is 1.38. The summed E-state index contributed by atoms with van der Waals surface area (Å²) in [4.78, 5) is 17.6. The second-order valence-corrected chi connectivity index (χ2v) is 11.0. The fraction of sp³-hybridized carbons (Fsp3) is 0.560. The van der Waals surface area contributed by atoms with Crippen LogP contribution in [0.3, 0.4) is 0 Å². The quantitative estimate of drug-likeness (QED) is 0.297. The summed E-state index contributed by atoms with van der Waals surface area (Å²) < 4.78 is 34.1. The van der Waals surface area contributed by atoms with Gasteiger partial charge in [-0.2, -0.15) is 0 Å². The molecule has 2 heterocycles. The third-order valence-electron chi connectivity index (χ3n) is 6.75. The number of anilines is 2. The van der Waals surface area contributed by atoms with Gasteiger partial charge in [0.1, 0.15) is 0 Å². The Kier molecular flexibility index (Phi) is 9.11. The van der Waals surface area contributed by atoms with E-state index in [1.54, 1.807) is 30.6 Å². The average molecular weight is 517 g/mol. The lowest BCUT2D eigenvalue weighted by molar-refractivity contribution is -0.380. The molecule has 10 nitrogen and oxygen atoms in total. The molecule has 0 unspecified atom stereocenters. The fourth-order valence-electron chi connectivity index (χ4n) is 4.55. The number of aromatic amines is 2. The Morgan fingerprint density at radius 3 is 2.61 bits per heavy atom. The highest BCUT2D eigenvalue weighted by molar-refractivity contribution is 7.89. The predicted octanol–water partition coefficient (Wildman–Crippen LogP) is 3.48. The van der Waals surface area contributed by atoms with Gasteiger partial charge in [-0.1, -0.05) is 33.1 Å². The first kappa shape index (κ1) is 26.3. The molecule has 196 valence electrons. The summed E-state index contributed by atoms with van der Waals surface area (Å²) in [5, 5.41) is 3.20. The summed E-state index contributed by atoms with van der Waals surface area (Å²) >= 11 is 0. The first-order valence-electron chi connectivity index (χ1n) is 13.0. The second-order valence-electron chi connectivity index (χ2n) is 9.26. The second kappa shape index (κ2) is 12.5. The van der Waals surface area contributed by atoms with E-state index in [0.29, 0.717) is 42.2 Å². The molecule has 3 aromatic rings. The molecule has 0 atom stereocenters. The molecule has 0 spiro atoms. The van der Waals surface area contributed by atoms with E-state index in [1.807, 2.05) is 0 Å². The number of sulfonamides is 1. The number of rotatable bonds is 13. The van der Waals surface area contributed by atoms with E-state index in [-0.39, 0.29) is 4.90 Å². The van der Waals surface area contributed by atoms with Crippen molar-refractivity contribution in [3.63, 3.8) is 0 Å². The van der Waals surface area contributed by atoms with Crippen LogP contribution >= 0.6 is 0 Å². The summed E-state index contributed by atoms with van der Waals surface area (Å²) in [5.74, 6) is 1.63. The SMILES string of the molecule is CCN(CC)CCCNS(=O)(=O)c1ccc(Nc2nc3nc[nH]c3c(OCC3CCCCC3)[nH+]2)cc1. The van der Waals surface area contributed by atoms with E-state index in [2.05, 4.69) is 48.7 Å². The van der Waals surface area contributed by atoms with Gasteiger partial charge in [0.15, 0.2) is 5.52 Å². The van der Waals surface area contributed by atoms with Gasteiger partial charge in [-0.05, 0) is 74.1 Å². The van der Waals surface area contributed by atoms with Crippen LogP contribution in [0.5, 0.6) is 5.88 Å². The summed E-state index contributed by atoms with van der Waals surface area (Å²) in [7, 11) is -3.56. The Labute approximate surface area is 213 Å². The summed E-state index contributed by atoms with van der Waals surface area (Å²) in [6.07, 6.45) is 8.59. The Bertz CT molecular complexity index is 1200. The third kappa shape index (κ3) is 6.92. The first-order valence-corrected chi connectivity index (χ1v) is 14.4. The maximum atomic E-state index is 12.7. The van der Waals surface area contributed by atoms with Crippen molar-refractivity contribution in [3.05, 3.63) is 30.6 Å². The molecular formula is C25H38N7O3S+. The number of nitrogens with one attached hydrogen (secondary N) is 4. The average Bonchev–Trinajstić information content (AvgIpc) is 3.37. The number of imidazole rings is 1. The van der Waals surface area contributed by atoms with E-state index in [4.69, 9.17) is 4.74 Å². The van der Waals surface area contributed by atoms with Crippen molar-refractivity contribution in [1.82, 2.24) is 24.6 Å². The van der Waals surface area contributed by atoms with Gasteiger partial charge in [0.2, 0.25) is 10.0 Å². The maximum absolute atomic E-state index is 12.7. The monoisotopic (exact) mass is 516 g/mol. The molecule has 1 saturated carbocycles. The van der Waals surface area contributed by atoms with Crippen molar-refractivity contribution in [1.29, 1.82) is 0 Å². The van der Waals surface area contributed by atoms with Crippen LogP contribution in [-0.2, 0) is 10.0 Å². The zero-order valence-corrected chi connectivity index (χ0v) is 22.0. The topological polar surface area (TPSA) is 126 Å². The van der Waals surface area contributed by atoms with Gasteiger partial charge >= 0.3 is 5.95 Å². The number of ether oxygens (including phenoxy) is 1. The third-order valence-corrected chi connectivity index (χ3v) is 8.23. The maximum Gasteiger partial charge on any atom is 0.399 e. The largest absolute Gasteiger partial charge is 0.466 e. The van der Waals surface area contributed by atoms with E-state index < -0.39 is 10.0 Å². The Morgan fingerprint density at radius 1 is 1.14 bits per heavy atom. The predicted molar refractivity (Wildman–Crippen MR) is 140 cm³/mol. The number of H-pyrrole nitrogens is 2. The zero-order chi connectivity index (χ0) is 25.4. The normalized spacial score (nSPS) is 15.0. The smallest absolute Gasteiger partial charge is 0.399 e. The van der Waals surface area contributed by atoms with Crippen molar-refractivity contribution in [2.45, 2.75) is 57.3 Å². The zero-order valence-electron chi connectivity index (χ0n) is 21.2. The van der Waals surface area contributed by atoms with E-state index in [1.165, 1.54) is 32.1 Å². The number of fused-ring (bicyclic) bond motifs is 1. The molecule has 1 aromatic carbocycles. The van der Waals surface area contributed by atoms with Gasteiger partial charge in [-0.15, -0.1) is 0 Å². The van der Waals surface area contributed by atoms with Gasteiger partial charge in [0.25, 0.3) is 11.5 Å². The van der Waals surface area contributed by atoms with Crippen molar-refractivity contribution >= 4 is 32.8 Å². The van der Waals surface area contributed by atoms with Gasteiger partial charge in [-0.3, -0.25) is 0 Å². The van der Waals surface area contributed by atoms with Crippen molar-refractivity contribution in [3.8, 4) is 5.88 Å². The van der Waals surface area contributed by atoms with Crippen LogP contribution < -0.4 is 19.8 Å². The lowest BCUT2D eigenvalue weighted by Crippen LogP contribution is -2.30. The molecule has 11 heteroatoms. The Hall–Kier alpha value is -2.76. The minimum atomic E-state index is -3.56. The van der Waals surface area contributed by atoms with Crippen LogP contribution in [0.2, 0.25) is 0 Å². The molecule has 0 aliphatic heterocycles. The van der Waals surface area contributed by atoms with E-state index in [9.17, 15) is 8.42 Å². The van der Waals surface area contributed by atoms with Gasteiger partial charge in [0.05, 0.1) is 23.5 Å². The highest BCUT2D eigenvalue weighted by Gasteiger charge is 2.21. The molecule has 36 heavy (non-hydrogen) atoms. The van der Waals surface area contributed by atoms with Crippen LogP contribution in [0.1, 0.15) is 52.4 Å². The molecule has 2 aromatic heterocycles. The highest BCUT2D eigenvalue weighted by Crippen LogP contribution is 2.26. The van der Waals surface area contributed by atoms with Crippen molar-refractivity contribution in [2.75, 3.05) is 38.1 Å². The Morgan fingerprint density at radius 2 is 1.89 bits per heavy atom. The molecule has 4 rings (SSSR count). The van der Waals surface area contributed by atoms with Gasteiger partial charge in [-0.25, -0.2) is 28.4 Å². The van der Waals surface area contributed by atoms with E-state index >= 15 is 0 Å². The first-order chi connectivity index (χ1) is 17.5. The molecule has 0 bridgehead atoms. The van der Waals surface area contributed by atoms with Crippen LogP contribution in [0, 0.1) is 5.92 Å². The molecule has 0 amide bonds. The van der Waals surface area contributed by atoms with E-state index in [0.717, 1.165) is 31.6 Å². The molecule has 1 aliphatic carbocycles. The number of hydrogen-bond acceptors (Lipinski definition) is 7. The lowest BCUT2D eigenvalue weighted by atomic mass is 9.90. The lowest BCUT2D eigenvalue weighted by Gasteiger charge is -2.21. The van der Waals surface area contributed by atoms with Crippen LogP contribution in [-0.4, -0.2) is 61.1 Å². The molecule has 1 aliphatic rings. The molecule has 4 N–H and O–H groups in total. The van der Waals surface area contributed by atoms with Crippen molar-refractivity contribution in [2.24, 2.45) is 5.92 Å². The number of nitrogens with zero attached hydrogens (tertiary/aromatic N) is 3. The number of benzene rings is 1. The standard InChI is InChI=1S/C25H37N7O3S/c1-3-32(4-2)16-8-15-28-36(33,34)21-13-11-20(12-14-21)29-25-30-23-22(26-18-27-23)24(31-25)35-17-19-9-6-5-7-10-19/h11-14,18-19,28H,3-10,15-17H2,1-2H3,(H2,26,27,29,30,31)/p+1.